The molecule has 2 heterocycles. The van der Waals surface area contributed by atoms with E-state index in [1.54, 1.807) is 0 Å². The summed E-state index contributed by atoms with van der Waals surface area (Å²) in [6.45, 7) is -0.596. The van der Waals surface area contributed by atoms with E-state index >= 15 is 0 Å². The molecule has 1 aliphatic heterocycles. The van der Waals surface area contributed by atoms with Gasteiger partial charge in [0.15, 0.2) is 11.8 Å². The zero-order valence-corrected chi connectivity index (χ0v) is 21.8. The van der Waals surface area contributed by atoms with Gasteiger partial charge in [-0.3, -0.25) is 14.3 Å². The number of H-pyrrole nitrogens is 1. The number of halogens is 1. The minimum Gasteiger partial charge on any atom is -0.392 e. The molecule has 0 aromatic carbocycles. The largest absolute Gasteiger partial charge is 0.392 e. The molecule has 21 heavy (non-hydrogen) atoms. The number of rotatable bonds is 2. The second-order valence-corrected chi connectivity index (χ2v) is 5.16. The van der Waals surface area contributed by atoms with Crippen molar-refractivity contribution >= 4 is 15.9 Å². The molecule has 0 aliphatic carbocycles. The Kier molecular flexibility index (Phi) is 9.74. The molecule has 7 nitrogen and oxygen atoms in total. The molecule has 3 N–H and O–H groups in total. The number of aliphatic hydroxyl groups is 2. The van der Waals surface area contributed by atoms with Gasteiger partial charge in [0.05, 0.1) is 11.4 Å². The summed E-state index contributed by atoms with van der Waals surface area (Å²) in [6.07, 6.45) is 4.36. The van der Waals surface area contributed by atoms with Gasteiger partial charge in [0.2, 0.25) is 0 Å². The van der Waals surface area contributed by atoms with Gasteiger partial charge in [0, 0.05) is 100 Å². The van der Waals surface area contributed by atoms with E-state index < -0.39 is 40.6 Å². The number of ether oxygens (including phenoxy) is 1. The molecule has 2 unspecified atom stereocenters. The van der Waals surface area contributed by atoms with Crippen LogP contribution in [0.25, 0.3) is 0 Å². The van der Waals surface area contributed by atoms with E-state index in [-0.39, 0.29) is 88.1 Å². The van der Waals surface area contributed by atoms with Gasteiger partial charge in [-0.15, -0.1) is 6.42 Å². The molecular weight excluding hydrogens is 774 g/mol. The maximum absolute atomic E-state index is 11.7. The molecule has 1 aromatic heterocycles. The molecule has 108 valence electrons. The number of aromatic nitrogens is 2. The first-order valence-electron chi connectivity index (χ1n) is 5.35. The summed E-state index contributed by atoms with van der Waals surface area (Å²) >= 11 is 3.18. The van der Waals surface area contributed by atoms with Crippen LogP contribution in [0.15, 0.2) is 21.9 Å². The number of aromatic amines is 1. The van der Waals surface area contributed by atoms with Crippen molar-refractivity contribution in [2.45, 2.75) is 22.8 Å². The molecule has 10 heteroatoms. The topological polar surface area (TPSA) is 105 Å². The summed E-state index contributed by atoms with van der Waals surface area (Å²) < 4.78 is 6.52. The Morgan fingerprint density at radius 1 is 1.52 bits per heavy atom. The van der Waals surface area contributed by atoms with Crippen LogP contribution in [0, 0.1) is 100 Å². The fourth-order valence-corrected chi connectivity index (χ4v) is 2.69. The van der Waals surface area contributed by atoms with Gasteiger partial charge >= 0.3 is 5.69 Å². The molecule has 1 aliphatic rings. The summed E-state index contributed by atoms with van der Waals surface area (Å²) in [7, 11) is 0. The van der Waals surface area contributed by atoms with E-state index in [4.69, 9.17) is 11.2 Å². The van der Waals surface area contributed by atoms with Gasteiger partial charge in [0.25, 0.3) is 5.56 Å². The Bertz CT molecular complexity index is 642. The van der Waals surface area contributed by atoms with E-state index in [0.29, 0.717) is 0 Å². The third-order valence-electron chi connectivity index (χ3n) is 2.99. The normalized spacial score (nSPS) is 30.9. The van der Waals surface area contributed by atoms with Crippen LogP contribution in [0.2, 0.25) is 0 Å². The molecule has 0 bridgehead atoms. The Labute approximate surface area is 200 Å². The average molecular weight is 785 g/mol. The predicted molar refractivity (Wildman–Crippen MR) is 68.8 cm³/mol. The van der Waals surface area contributed by atoms with Gasteiger partial charge in [-0.2, -0.15) is 0 Å². The van der Waals surface area contributed by atoms with Crippen LogP contribution in [0.4, 0.5) is 0 Å². The number of hydrogen-bond acceptors (Lipinski definition) is 5. The summed E-state index contributed by atoms with van der Waals surface area (Å²) in [4.78, 5) is 24.0. The Balaban J connectivity index is 0.00000200. The van der Waals surface area contributed by atoms with E-state index in [9.17, 15) is 19.8 Å². The third-order valence-corrected chi connectivity index (χ3v) is 3.94. The van der Waals surface area contributed by atoms with Crippen LogP contribution in [-0.2, 0) is 4.74 Å². The van der Waals surface area contributed by atoms with Crippen LogP contribution >= 0.6 is 15.9 Å². The quantitative estimate of drug-likeness (QED) is 0.252. The van der Waals surface area contributed by atoms with Gasteiger partial charge in [0.1, 0.15) is 6.10 Å². The molecule has 2 rings (SSSR count). The molecule has 1 aromatic rings. The van der Waals surface area contributed by atoms with Crippen molar-refractivity contribution in [3.8, 4) is 12.3 Å². The van der Waals surface area contributed by atoms with E-state index in [2.05, 4.69) is 26.8 Å². The minimum absolute atomic E-state index is 0. The monoisotopic (exact) mass is 784 g/mol. The zero-order valence-electron chi connectivity index (χ0n) is 10.8. The Morgan fingerprint density at radius 2 is 2.14 bits per heavy atom. The number of aliphatic hydroxyl groups excluding tert-OH is 2. The Morgan fingerprint density at radius 3 is 2.57 bits per heavy atom. The van der Waals surface area contributed by atoms with Gasteiger partial charge in [-0.25, -0.2) is 4.79 Å². The van der Waals surface area contributed by atoms with E-state index in [0.717, 1.165) is 10.6 Å². The first-order chi connectivity index (χ1) is 8.95. The molecule has 0 saturated carbocycles. The van der Waals surface area contributed by atoms with Crippen LogP contribution in [-0.4, -0.2) is 42.9 Å². The van der Waals surface area contributed by atoms with Crippen LogP contribution < -0.4 is 11.2 Å². The maximum Gasteiger partial charge on any atom is 0.330 e. The second-order valence-electron chi connectivity index (χ2n) is 4.11. The van der Waals surface area contributed by atoms with E-state index in [1.165, 1.54) is 6.20 Å². The molecular formula is C11H11Ac2BrN2O5. The minimum atomic E-state index is -1.59. The first-order valence-corrected chi connectivity index (χ1v) is 6.27. The zero-order chi connectivity index (χ0) is 14.2. The van der Waals surface area contributed by atoms with Crippen LogP contribution in [0.3, 0.4) is 0 Å². The Hall–Kier alpha value is 1.48. The number of terminal acetylenes is 1. The van der Waals surface area contributed by atoms with Crippen molar-refractivity contribution in [2.75, 3.05) is 6.61 Å². The first kappa shape index (κ1) is 22.5. The third kappa shape index (κ3) is 4.31. The SMILES string of the molecule is C#C[C@]1(CO)O[C@@H](n2ccc(=O)[nH]c2=O)C(Br)C1O.[Ac].[Ac]. The molecule has 4 atom stereocenters. The maximum atomic E-state index is 11.7. The molecule has 2 radical (unpaired) electrons. The standard InChI is InChI=1S/C11H11BrN2O5.2Ac/c1-2-11(5-15)8(17)7(12)9(19-11)14-4-3-6(16)13-10(14)18;;/h1,3-4,7-9,15,17H,5H2,(H,13,16,18);;/t7?,8?,9-,11-;;/m1../s1. The predicted octanol–water partition coefficient (Wildman–Crippen LogP) is -1.45. The molecule has 1 fully saturated rings. The second kappa shape index (κ2) is 9.09. The van der Waals surface area contributed by atoms with Crippen molar-refractivity contribution in [1.29, 1.82) is 0 Å². The van der Waals surface area contributed by atoms with Crippen molar-refractivity contribution in [1.82, 2.24) is 9.55 Å². The average Bonchev–Trinajstić information content (AvgIpc) is 2.64. The van der Waals surface area contributed by atoms with Crippen molar-refractivity contribution < 1.29 is 103 Å². The number of alkyl halides is 1. The van der Waals surface area contributed by atoms with Gasteiger partial charge < -0.3 is 14.9 Å². The smallest absolute Gasteiger partial charge is 0.330 e. The molecule has 0 spiro atoms. The number of hydrogen-bond donors (Lipinski definition) is 3. The van der Waals surface area contributed by atoms with Gasteiger partial charge in [-0.1, -0.05) is 21.9 Å². The fourth-order valence-electron chi connectivity index (χ4n) is 1.90. The summed E-state index contributed by atoms with van der Waals surface area (Å²) in [5, 5.41) is 19.3. The van der Waals surface area contributed by atoms with Crippen molar-refractivity contribution in [3.05, 3.63) is 33.1 Å². The van der Waals surface area contributed by atoms with Crippen molar-refractivity contribution in [2.24, 2.45) is 0 Å². The van der Waals surface area contributed by atoms with Crippen LogP contribution in [0.1, 0.15) is 6.23 Å². The number of nitrogens with zero attached hydrogens (tertiary/aromatic N) is 1. The number of nitrogens with one attached hydrogen (secondary N) is 1. The fraction of sp³-hybridized carbons (Fsp3) is 0.455. The summed E-state index contributed by atoms with van der Waals surface area (Å²) in [5.41, 5.74) is -2.83. The summed E-state index contributed by atoms with van der Waals surface area (Å²) in [5.74, 6) is 2.20. The molecule has 0 amide bonds. The van der Waals surface area contributed by atoms with Crippen molar-refractivity contribution in [3.63, 3.8) is 0 Å². The van der Waals surface area contributed by atoms with Gasteiger partial charge in [-0.05, 0) is 0 Å². The molecule has 1 saturated heterocycles. The van der Waals surface area contributed by atoms with Crippen LogP contribution in [0.5, 0.6) is 0 Å². The summed E-state index contributed by atoms with van der Waals surface area (Å²) in [6, 6.07) is 1.14. The van der Waals surface area contributed by atoms with E-state index in [1.807, 2.05) is 0 Å².